The van der Waals surface area contributed by atoms with Crippen LogP contribution >= 0.6 is 11.3 Å². The minimum atomic E-state index is 0.881. The number of fused-ring (bicyclic) bond motifs is 9. The Morgan fingerprint density at radius 3 is 1.65 bits per heavy atom. The molecule has 0 N–H and O–H groups in total. The molecule has 0 saturated carbocycles. The van der Waals surface area contributed by atoms with E-state index in [-0.39, 0.29) is 0 Å². The van der Waals surface area contributed by atoms with E-state index in [2.05, 4.69) is 176 Å². The summed E-state index contributed by atoms with van der Waals surface area (Å²) in [7, 11) is 0. The van der Waals surface area contributed by atoms with Crippen molar-refractivity contribution in [3.05, 3.63) is 193 Å². The van der Waals surface area contributed by atoms with Crippen LogP contribution in [-0.4, -0.2) is 9.97 Å². The maximum absolute atomic E-state index is 5.18. The second kappa shape index (κ2) is 13.0. The summed E-state index contributed by atoms with van der Waals surface area (Å²) in [6.45, 7) is 0. The van der Waals surface area contributed by atoms with Gasteiger partial charge in [0.15, 0.2) is 0 Å². The molecule has 0 unspecified atom stereocenters. The highest BCUT2D eigenvalue weighted by molar-refractivity contribution is 7.26. The van der Waals surface area contributed by atoms with Gasteiger partial charge in [-0.15, -0.1) is 11.3 Å². The SMILES string of the molecule is C1=C(c2ccc(-c3ccc(-c4cnc5c6ccccc6c6ccccc6c5n4)cc3)cc2)CCC(c2cccc(-c3cccc4c3sc3ccccc34)c2)=C1. The van der Waals surface area contributed by atoms with Crippen molar-refractivity contribution in [2.24, 2.45) is 0 Å². The Hall–Kier alpha value is -6.68. The Morgan fingerprint density at radius 2 is 0.945 bits per heavy atom. The lowest BCUT2D eigenvalue weighted by Gasteiger charge is -2.17. The zero-order valence-electron chi connectivity index (χ0n) is 30.0. The summed E-state index contributed by atoms with van der Waals surface area (Å²) in [5, 5.41) is 7.37. The van der Waals surface area contributed by atoms with Gasteiger partial charge in [-0.2, -0.15) is 0 Å². The predicted octanol–water partition coefficient (Wildman–Crippen LogP) is 14.6. The van der Waals surface area contributed by atoms with E-state index in [0.717, 1.165) is 45.9 Å². The normalized spacial score (nSPS) is 13.2. The summed E-state index contributed by atoms with van der Waals surface area (Å²) < 4.78 is 2.71. The monoisotopic (exact) mass is 718 g/mol. The van der Waals surface area contributed by atoms with Crippen molar-refractivity contribution >= 4 is 75.2 Å². The van der Waals surface area contributed by atoms with Crippen LogP contribution in [0.2, 0.25) is 0 Å². The van der Waals surface area contributed by atoms with E-state index in [1.807, 2.05) is 17.5 Å². The summed E-state index contributed by atoms with van der Waals surface area (Å²) >= 11 is 1.89. The van der Waals surface area contributed by atoms with Gasteiger partial charge in [0.1, 0.15) is 0 Å². The maximum atomic E-state index is 5.18. The van der Waals surface area contributed by atoms with Crippen molar-refractivity contribution in [1.82, 2.24) is 9.97 Å². The van der Waals surface area contributed by atoms with Gasteiger partial charge in [0.25, 0.3) is 0 Å². The molecular weight excluding hydrogens is 685 g/mol. The molecule has 0 fully saturated rings. The van der Waals surface area contributed by atoms with Gasteiger partial charge in [-0.1, -0.05) is 164 Å². The van der Waals surface area contributed by atoms with Gasteiger partial charge in [0.05, 0.1) is 22.9 Å². The van der Waals surface area contributed by atoms with E-state index in [9.17, 15) is 0 Å². The fraction of sp³-hybridized carbons (Fsp3) is 0.0385. The van der Waals surface area contributed by atoms with Crippen LogP contribution in [0.5, 0.6) is 0 Å². The molecule has 0 spiro atoms. The molecule has 0 amide bonds. The third-order valence-corrected chi connectivity index (χ3v) is 12.5. The first-order valence-corrected chi connectivity index (χ1v) is 19.8. The van der Waals surface area contributed by atoms with Crippen LogP contribution in [0.1, 0.15) is 24.0 Å². The molecule has 0 bridgehead atoms. The molecule has 8 aromatic carbocycles. The average molecular weight is 719 g/mol. The average Bonchev–Trinajstić information content (AvgIpc) is 3.66. The lowest BCUT2D eigenvalue weighted by molar-refractivity contribution is 1.07. The fourth-order valence-electron chi connectivity index (χ4n) is 8.45. The van der Waals surface area contributed by atoms with Gasteiger partial charge in [0.2, 0.25) is 0 Å². The van der Waals surface area contributed by atoms with Crippen LogP contribution in [0.3, 0.4) is 0 Å². The Balaban J connectivity index is 0.839. The molecule has 1 aliphatic carbocycles. The zero-order chi connectivity index (χ0) is 36.3. The molecule has 10 aromatic rings. The van der Waals surface area contributed by atoms with Gasteiger partial charge < -0.3 is 0 Å². The standard InChI is InChI=1S/C52H34N2S/c1-3-14-45-42(11-1)43-12-2-4-15-46(43)51-50(45)53-32-48(54-51)38-29-27-36(28-30-38)34-21-19-33(20-22-34)35-23-25-37(26-24-35)39-9-7-10-40(31-39)41-16-8-17-47-44-13-5-6-18-49(44)55-52(41)47/h1-23,25,27-32H,24,26H2. The van der Waals surface area contributed by atoms with E-state index < -0.39 is 0 Å². The molecule has 0 radical (unpaired) electrons. The number of rotatable bonds is 5. The Kier molecular flexibility index (Phi) is 7.53. The van der Waals surface area contributed by atoms with Crippen LogP contribution in [-0.2, 0) is 0 Å². The van der Waals surface area contributed by atoms with E-state index in [1.165, 1.54) is 75.5 Å². The molecule has 0 atom stereocenters. The molecule has 0 aliphatic heterocycles. The predicted molar refractivity (Wildman–Crippen MR) is 235 cm³/mol. The van der Waals surface area contributed by atoms with Crippen LogP contribution in [0.4, 0.5) is 0 Å². The third kappa shape index (κ3) is 5.47. The number of allylic oxidation sites excluding steroid dienone is 4. The highest BCUT2D eigenvalue weighted by Crippen LogP contribution is 2.41. The van der Waals surface area contributed by atoms with Gasteiger partial charge >= 0.3 is 0 Å². The van der Waals surface area contributed by atoms with Crippen LogP contribution < -0.4 is 0 Å². The largest absolute Gasteiger partial charge is 0.252 e. The van der Waals surface area contributed by atoms with E-state index in [4.69, 9.17) is 9.97 Å². The summed E-state index contributed by atoms with van der Waals surface area (Å²) in [5.41, 5.74) is 14.2. The number of hydrogen-bond acceptors (Lipinski definition) is 3. The van der Waals surface area contributed by atoms with E-state index >= 15 is 0 Å². The van der Waals surface area contributed by atoms with Crippen molar-refractivity contribution in [2.75, 3.05) is 0 Å². The lowest BCUT2D eigenvalue weighted by Crippen LogP contribution is -1.94. The minimum Gasteiger partial charge on any atom is -0.252 e. The number of aromatic nitrogens is 2. The van der Waals surface area contributed by atoms with Crippen LogP contribution in [0.15, 0.2) is 182 Å². The first-order valence-electron chi connectivity index (χ1n) is 18.9. The van der Waals surface area contributed by atoms with E-state index in [1.54, 1.807) is 0 Å². The molecule has 11 rings (SSSR count). The summed E-state index contributed by atoms with van der Waals surface area (Å²) in [6, 6.07) is 59.3. The number of benzene rings is 8. The molecule has 3 heteroatoms. The topological polar surface area (TPSA) is 25.8 Å². The zero-order valence-corrected chi connectivity index (χ0v) is 30.9. The van der Waals surface area contributed by atoms with Crippen molar-refractivity contribution in [3.63, 3.8) is 0 Å². The number of thiophene rings is 1. The molecule has 2 nitrogen and oxygen atoms in total. The maximum Gasteiger partial charge on any atom is 0.0979 e. The fourth-order valence-corrected chi connectivity index (χ4v) is 9.69. The first kappa shape index (κ1) is 31.8. The van der Waals surface area contributed by atoms with Crippen LogP contribution in [0, 0.1) is 0 Å². The van der Waals surface area contributed by atoms with Crippen molar-refractivity contribution in [2.45, 2.75) is 12.8 Å². The molecule has 55 heavy (non-hydrogen) atoms. The molecule has 2 aromatic heterocycles. The molecule has 258 valence electrons. The highest BCUT2D eigenvalue weighted by Gasteiger charge is 2.15. The Labute approximate surface area is 323 Å². The summed E-state index contributed by atoms with van der Waals surface area (Å²) in [6.07, 6.45) is 8.60. The lowest BCUT2D eigenvalue weighted by atomic mass is 9.88. The number of nitrogens with zero attached hydrogens (tertiary/aromatic N) is 2. The first-order chi connectivity index (χ1) is 27.2. The van der Waals surface area contributed by atoms with Gasteiger partial charge in [-0.3, -0.25) is 4.98 Å². The van der Waals surface area contributed by atoms with Crippen LogP contribution in [0.25, 0.3) is 97.4 Å². The summed E-state index contributed by atoms with van der Waals surface area (Å²) in [4.78, 5) is 10.1. The summed E-state index contributed by atoms with van der Waals surface area (Å²) in [5.74, 6) is 0. The van der Waals surface area contributed by atoms with Crippen molar-refractivity contribution in [3.8, 4) is 33.5 Å². The number of hydrogen-bond donors (Lipinski definition) is 0. The molecule has 0 saturated heterocycles. The second-order valence-corrected chi connectivity index (χ2v) is 15.5. The van der Waals surface area contributed by atoms with Crippen molar-refractivity contribution in [1.29, 1.82) is 0 Å². The van der Waals surface area contributed by atoms with E-state index in [0.29, 0.717) is 0 Å². The Bertz CT molecular complexity index is 3150. The molecular formula is C52H34N2S. The second-order valence-electron chi connectivity index (χ2n) is 14.4. The van der Waals surface area contributed by atoms with Gasteiger partial charge in [0, 0.05) is 36.5 Å². The third-order valence-electron chi connectivity index (χ3n) is 11.3. The quantitative estimate of drug-likeness (QED) is 0.166. The van der Waals surface area contributed by atoms with Gasteiger partial charge in [-0.25, -0.2) is 4.98 Å². The van der Waals surface area contributed by atoms with Crippen molar-refractivity contribution < 1.29 is 0 Å². The minimum absolute atomic E-state index is 0.881. The Morgan fingerprint density at radius 1 is 0.400 bits per heavy atom. The molecule has 1 aliphatic rings. The smallest absolute Gasteiger partial charge is 0.0979 e. The molecule has 2 heterocycles. The van der Waals surface area contributed by atoms with Gasteiger partial charge in [-0.05, 0) is 80.3 Å². The highest BCUT2D eigenvalue weighted by atomic mass is 32.1.